The van der Waals surface area contributed by atoms with Gasteiger partial charge in [-0.05, 0) is 17.5 Å². The van der Waals surface area contributed by atoms with Gasteiger partial charge < -0.3 is 5.11 Å². The first-order chi connectivity index (χ1) is 9.07. The number of benzene rings is 1. The molecule has 20 heavy (non-hydrogen) atoms. The summed E-state index contributed by atoms with van der Waals surface area (Å²) in [7, 11) is -1.91. The minimum atomic E-state index is -1.91. The van der Waals surface area contributed by atoms with E-state index in [-0.39, 0.29) is 16.4 Å². The highest BCUT2D eigenvalue weighted by molar-refractivity contribution is 6.84. The van der Waals surface area contributed by atoms with Crippen molar-refractivity contribution in [3.8, 4) is 0 Å². The summed E-state index contributed by atoms with van der Waals surface area (Å²) >= 11 is 0. The molecule has 0 aliphatic heterocycles. The van der Waals surface area contributed by atoms with E-state index in [1.807, 2.05) is 30.3 Å². The largest absolute Gasteiger partial charge is 0.393 e. The molecule has 1 aromatic carbocycles. The summed E-state index contributed by atoms with van der Waals surface area (Å²) in [6, 6.07) is 9.80. The van der Waals surface area contributed by atoms with E-state index in [0.717, 1.165) is 5.56 Å². The molecule has 0 amide bonds. The van der Waals surface area contributed by atoms with E-state index in [9.17, 15) is 9.90 Å². The smallest absolute Gasteiger partial charge is 0.140 e. The number of aliphatic hydroxyl groups excluding tert-OH is 1. The van der Waals surface area contributed by atoms with Gasteiger partial charge in [-0.25, -0.2) is 0 Å². The Labute approximate surface area is 124 Å². The van der Waals surface area contributed by atoms with Crippen molar-refractivity contribution in [3.63, 3.8) is 0 Å². The van der Waals surface area contributed by atoms with Crippen LogP contribution in [0.25, 0.3) is 0 Å². The third-order valence-corrected chi connectivity index (χ3v) is 11.0. The van der Waals surface area contributed by atoms with Gasteiger partial charge in [0.05, 0.1) is 14.2 Å². The van der Waals surface area contributed by atoms with Gasteiger partial charge in [0.25, 0.3) is 0 Å². The lowest BCUT2D eigenvalue weighted by atomic mass is 10.0. The van der Waals surface area contributed by atoms with Gasteiger partial charge in [0.15, 0.2) is 0 Å². The maximum absolute atomic E-state index is 12.7. The van der Waals surface area contributed by atoms with Crippen molar-refractivity contribution in [2.45, 2.75) is 63.9 Å². The SMILES string of the molecule is C[C@H](O)[C@@H](C(=O)Cc1ccccc1)[Si](C)(C)C(C)(C)C. The average Bonchev–Trinajstić information content (AvgIpc) is 2.27. The number of ketones is 1. The molecule has 0 fully saturated rings. The second-order valence-electron chi connectivity index (χ2n) is 7.32. The molecule has 3 heteroatoms. The minimum absolute atomic E-state index is 0.0843. The van der Waals surface area contributed by atoms with Gasteiger partial charge in [-0.2, -0.15) is 0 Å². The predicted octanol–water partition coefficient (Wildman–Crippen LogP) is 4.06. The Morgan fingerprint density at radius 1 is 1.20 bits per heavy atom. The standard InChI is InChI=1S/C17H28O2Si/c1-13(18)16(20(5,6)17(2,3)4)15(19)12-14-10-8-7-9-11-14/h7-11,13,16,18H,12H2,1-6H3/t13-,16-/m0/s1. The highest BCUT2D eigenvalue weighted by Crippen LogP contribution is 2.45. The molecule has 0 bridgehead atoms. The quantitative estimate of drug-likeness (QED) is 0.831. The summed E-state index contributed by atoms with van der Waals surface area (Å²) in [5, 5.41) is 10.3. The fourth-order valence-corrected chi connectivity index (χ4v) is 5.69. The van der Waals surface area contributed by atoms with Gasteiger partial charge in [-0.15, -0.1) is 0 Å². The number of hydrogen-bond acceptors (Lipinski definition) is 2. The Balaban J connectivity index is 3.01. The molecule has 2 atom stereocenters. The van der Waals surface area contributed by atoms with Crippen LogP contribution >= 0.6 is 0 Å². The summed E-state index contributed by atoms with van der Waals surface area (Å²) in [6.07, 6.45) is -0.157. The molecule has 0 aliphatic carbocycles. The van der Waals surface area contributed by atoms with E-state index in [1.165, 1.54) is 0 Å². The highest BCUT2D eigenvalue weighted by atomic mass is 28.3. The molecule has 1 aromatic rings. The number of hydrogen-bond donors (Lipinski definition) is 1. The maximum Gasteiger partial charge on any atom is 0.140 e. The Morgan fingerprint density at radius 2 is 1.70 bits per heavy atom. The van der Waals surface area contributed by atoms with Gasteiger partial charge in [0.2, 0.25) is 0 Å². The lowest BCUT2D eigenvalue weighted by Crippen LogP contribution is -2.49. The van der Waals surface area contributed by atoms with E-state index in [2.05, 4.69) is 33.9 Å². The van der Waals surface area contributed by atoms with Crippen LogP contribution in [-0.2, 0) is 11.2 Å². The molecule has 0 saturated carbocycles. The average molecular weight is 292 g/mol. The summed E-state index contributed by atoms with van der Waals surface area (Å²) in [5.74, 6) is 0.179. The molecular formula is C17H28O2Si. The van der Waals surface area contributed by atoms with Crippen LogP contribution < -0.4 is 0 Å². The van der Waals surface area contributed by atoms with Gasteiger partial charge >= 0.3 is 0 Å². The molecular weight excluding hydrogens is 264 g/mol. The Kier molecular flexibility index (Phi) is 5.33. The maximum atomic E-state index is 12.7. The zero-order valence-electron chi connectivity index (χ0n) is 13.6. The third kappa shape index (κ3) is 3.80. The lowest BCUT2D eigenvalue weighted by molar-refractivity contribution is -0.120. The molecule has 0 heterocycles. The van der Waals surface area contributed by atoms with Gasteiger partial charge in [0.1, 0.15) is 5.78 Å². The van der Waals surface area contributed by atoms with Crippen molar-refractivity contribution >= 4 is 13.9 Å². The van der Waals surface area contributed by atoms with Gasteiger partial charge in [0, 0.05) is 12.0 Å². The molecule has 112 valence electrons. The van der Waals surface area contributed by atoms with Gasteiger partial charge in [-0.1, -0.05) is 64.2 Å². The van der Waals surface area contributed by atoms with Crippen molar-refractivity contribution in [3.05, 3.63) is 35.9 Å². The molecule has 1 rings (SSSR count). The van der Waals surface area contributed by atoms with Crippen LogP contribution in [0.5, 0.6) is 0 Å². The predicted molar refractivity (Wildman–Crippen MR) is 87.8 cm³/mol. The van der Waals surface area contributed by atoms with Crippen molar-refractivity contribution < 1.29 is 9.90 Å². The van der Waals surface area contributed by atoms with Crippen LogP contribution in [0, 0.1) is 0 Å². The van der Waals surface area contributed by atoms with Crippen LogP contribution in [0.2, 0.25) is 23.7 Å². The number of aliphatic hydroxyl groups is 1. The lowest BCUT2D eigenvalue weighted by Gasteiger charge is -2.43. The second kappa shape index (κ2) is 6.23. The Hall–Kier alpha value is -0.933. The zero-order valence-corrected chi connectivity index (χ0v) is 14.6. The minimum Gasteiger partial charge on any atom is -0.393 e. The van der Waals surface area contributed by atoms with E-state index >= 15 is 0 Å². The van der Waals surface area contributed by atoms with E-state index in [1.54, 1.807) is 6.92 Å². The van der Waals surface area contributed by atoms with Crippen molar-refractivity contribution in [1.29, 1.82) is 0 Å². The van der Waals surface area contributed by atoms with Crippen LogP contribution in [0.3, 0.4) is 0 Å². The van der Waals surface area contributed by atoms with Crippen molar-refractivity contribution in [2.24, 2.45) is 0 Å². The van der Waals surface area contributed by atoms with Crippen LogP contribution in [-0.4, -0.2) is 25.1 Å². The molecule has 0 radical (unpaired) electrons. The number of Topliss-reactive ketones (excluding diaryl/α,β-unsaturated/α-hetero) is 1. The van der Waals surface area contributed by atoms with Crippen LogP contribution in [0.1, 0.15) is 33.3 Å². The Bertz CT molecular complexity index is 444. The fourth-order valence-electron chi connectivity index (χ4n) is 2.65. The van der Waals surface area contributed by atoms with Crippen LogP contribution in [0.4, 0.5) is 0 Å². The molecule has 0 unspecified atom stereocenters. The van der Waals surface area contributed by atoms with Crippen LogP contribution in [0.15, 0.2) is 30.3 Å². The first kappa shape index (κ1) is 17.1. The monoisotopic (exact) mass is 292 g/mol. The second-order valence-corrected chi connectivity index (χ2v) is 12.9. The summed E-state index contributed by atoms with van der Waals surface area (Å²) in [6.45, 7) is 12.7. The number of carbonyl (C=O) groups is 1. The summed E-state index contributed by atoms with van der Waals surface area (Å²) in [5.41, 5.74) is 0.810. The summed E-state index contributed by atoms with van der Waals surface area (Å²) < 4.78 is 0. The van der Waals surface area contributed by atoms with Crippen molar-refractivity contribution in [1.82, 2.24) is 0 Å². The molecule has 0 aromatic heterocycles. The van der Waals surface area contributed by atoms with Crippen molar-refractivity contribution in [2.75, 3.05) is 0 Å². The van der Waals surface area contributed by atoms with Gasteiger partial charge in [-0.3, -0.25) is 4.79 Å². The zero-order chi connectivity index (χ0) is 15.6. The molecule has 0 spiro atoms. The Morgan fingerprint density at radius 3 is 2.10 bits per heavy atom. The summed E-state index contributed by atoms with van der Waals surface area (Å²) in [4.78, 5) is 12.7. The fraction of sp³-hybridized carbons (Fsp3) is 0.588. The molecule has 0 aliphatic rings. The molecule has 1 N–H and O–H groups in total. The normalized spacial score (nSPS) is 15.8. The topological polar surface area (TPSA) is 37.3 Å². The third-order valence-electron chi connectivity index (χ3n) is 4.76. The van der Waals surface area contributed by atoms with E-state index in [4.69, 9.17) is 0 Å². The molecule has 2 nitrogen and oxygen atoms in total. The number of rotatable bonds is 5. The first-order valence-electron chi connectivity index (χ1n) is 7.32. The number of carbonyl (C=O) groups excluding carboxylic acids is 1. The molecule has 0 saturated heterocycles. The first-order valence-corrected chi connectivity index (χ1v) is 10.4. The van der Waals surface area contributed by atoms with E-state index in [0.29, 0.717) is 6.42 Å². The highest BCUT2D eigenvalue weighted by Gasteiger charge is 2.47. The van der Waals surface area contributed by atoms with E-state index < -0.39 is 14.2 Å².